The maximum atomic E-state index is 13.2. The Bertz CT molecular complexity index is 1620. The average Bonchev–Trinajstić information content (AvgIpc) is 3.57. The highest BCUT2D eigenvalue weighted by atomic mass is 32.2. The lowest BCUT2D eigenvalue weighted by Crippen LogP contribution is -2.46. The van der Waals surface area contributed by atoms with Crippen LogP contribution >= 0.6 is 0 Å². The first-order valence-corrected chi connectivity index (χ1v) is 16.4. The number of sulfone groups is 1. The molecule has 3 N–H and O–H groups in total. The summed E-state index contributed by atoms with van der Waals surface area (Å²) in [5, 5.41) is 12.7. The van der Waals surface area contributed by atoms with E-state index in [1.165, 1.54) is 28.7 Å². The first kappa shape index (κ1) is 29.3. The van der Waals surface area contributed by atoms with Gasteiger partial charge in [-0.25, -0.2) is 21.6 Å². The van der Waals surface area contributed by atoms with Crippen molar-refractivity contribution in [3.63, 3.8) is 0 Å². The highest BCUT2D eigenvalue weighted by Crippen LogP contribution is 2.38. The van der Waals surface area contributed by atoms with Crippen molar-refractivity contribution >= 4 is 37.0 Å². The Morgan fingerprint density at radius 1 is 1.22 bits per heavy atom. The molecule has 2 atom stereocenters. The van der Waals surface area contributed by atoms with E-state index in [-0.39, 0.29) is 48.4 Å². The Balaban J connectivity index is 1.05. The highest BCUT2D eigenvalue weighted by molar-refractivity contribution is 7.90. The number of sulfonamides is 1. The molecule has 2 fully saturated rings. The van der Waals surface area contributed by atoms with E-state index in [4.69, 9.17) is 14.2 Å². The zero-order valence-corrected chi connectivity index (χ0v) is 24.0. The number of benzene rings is 1. The van der Waals surface area contributed by atoms with Crippen LogP contribution in [0.1, 0.15) is 19.3 Å². The first-order valence-electron chi connectivity index (χ1n) is 13.1. The fourth-order valence-corrected chi connectivity index (χ4v) is 7.08. The number of aromatic nitrogens is 2. The number of pyridine rings is 1. The minimum absolute atomic E-state index is 0.0988. The molecule has 4 heterocycles. The number of alkyl carbamates (subject to hydrolysis) is 1. The van der Waals surface area contributed by atoms with Crippen molar-refractivity contribution in [3.8, 4) is 5.75 Å². The van der Waals surface area contributed by atoms with E-state index in [2.05, 4.69) is 15.3 Å². The number of piperidine rings is 1. The fourth-order valence-electron chi connectivity index (χ4n) is 5.01. The average molecular weight is 609 g/mol. The van der Waals surface area contributed by atoms with Gasteiger partial charge in [0.1, 0.15) is 29.5 Å². The van der Waals surface area contributed by atoms with Crippen molar-refractivity contribution in [1.82, 2.24) is 19.6 Å². The molecule has 0 aliphatic carbocycles. The Hall–Kier alpha value is -3.24. The van der Waals surface area contributed by atoms with Crippen LogP contribution in [0.2, 0.25) is 0 Å². The topological polar surface area (TPSA) is 177 Å². The minimum Gasteiger partial charge on any atom is -0.491 e. The number of amides is 1. The van der Waals surface area contributed by atoms with Gasteiger partial charge in [-0.15, -0.1) is 0 Å². The summed E-state index contributed by atoms with van der Waals surface area (Å²) in [6.45, 7) is 0.416. The Morgan fingerprint density at radius 3 is 2.76 bits per heavy atom. The van der Waals surface area contributed by atoms with Crippen LogP contribution in [-0.2, 0) is 29.3 Å². The Labute approximate surface area is 237 Å². The predicted molar refractivity (Wildman–Crippen MR) is 147 cm³/mol. The summed E-state index contributed by atoms with van der Waals surface area (Å²) in [5.74, 6) is 0.278. The second-order valence-corrected chi connectivity index (χ2v) is 14.3. The minimum atomic E-state index is -3.72. The molecule has 0 bridgehead atoms. The van der Waals surface area contributed by atoms with E-state index in [9.17, 15) is 26.7 Å². The lowest BCUT2D eigenvalue weighted by atomic mass is 9.89. The van der Waals surface area contributed by atoms with Crippen LogP contribution < -0.4 is 10.1 Å². The molecule has 1 spiro atoms. The number of ether oxygens (including phenoxy) is 3. The number of hydrogen-bond donors (Lipinski definition) is 3. The monoisotopic (exact) mass is 608 g/mol. The number of aliphatic hydroxyl groups excluding tert-OH is 1. The second-order valence-electron chi connectivity index (χ2n) is 10.3. The number of carbonyl (C=O) groups excluding carboxylic acids is 1. The van der Waals surface area contributed by atoms with Crippen molar-refractivity contribution in [2.45, 2.75) is 46.9 Å². The molecule has 1 aromatic carbocycles. The fraction of sp³-hybridized carbons (Fsp3) is 0.462. The lowest BCUT2D eigenvalue weighted by Gasteiger charge is -2.37. The zero-order valence-electron chi connectivity index (χ0n) is 22.4. The van der Waals surface area contributed by atoms with E-state index in [0.717, 1.165) is 6.26 Å². The number of aromatic amines is 1. The van der Waals surface area contributed by atoms with Gasteiger partial charge in [-0.1, -0.05) is 6.07 Å². The molecule has 2 aromatic heterocycles. The number of hydrogen-bond acceptors (Lipinski definition) is 10. The van der Waals surface area contributed by atoms with Crippen LogP contribution in [0.3, 0.4) is 0 Å². The maximum absolute atomic E-state index is 13.2. The standard InChI is InChI=1S/C26H32N4O9S2/c1-40(33,34)21-4-2-3-19(11-21)37-16-18(31)14-29-25(32)39-20-13-26(38-17-20)6-9-30(10-7-26)41(35,36)22-12-24-23(28-15-22)5-8-27-24/h2-5,8,11-12,15,18,20,27,31H,6-7,9-10,13-14,16-17H2,1H3,(H,29,32)/t18?,20-/m1/s1. The van der Waals surface area contributed by atoms with Crippen molar-refractivity contribution in [2.24, 2.45) is 0 Å². The van der Waals surface area contributed by atoms with Crippen molar-refractivity contribution in [3.05, 3.63) is 48.8 Å². The van der Waals surface area contributed by atoms with Gasteiger partial charge in [0.2, 0.25) is 10.0 Å². The molecule has 222 valence electrons. The third-order valence-electron chi connectivity index (χ3n) is 7.25. The van der Waals surface area contributed by atoms with E-state index in [1.54, 1.807) is 24.4 Å². The SMILES string of the molecule is CS(=O)(=O)c1cccc(OCC(O)CNC(=O)O[C@H]2COC3(CCN(S(=O)(=O)c4cnc5cc[nH]c5c4)CC3)C2)c1. The molecule has 0 saturated carbocycles. The molecule has 2 aliphatic rings. The summed E-state index contributed by atoms with van der Waals surface area (Å²) >= 11 is 0. The third-order valence-corrected chi connectivity index (χ3v) is 10.2. The van der Waals surface area contributed by atoms with Gasteiger partial charge in [-0.05, 0) is 43.2 Å². The van der Waals surface area contributed by atoms with Crippen LogP contribution in [0.15, 0.2) is 58.6 Å². The van der Waals surface area contributed by atoms with Gasteiger partial charge in [0.25, 0.3) is 0 Å². The summed E-state index contributed by atoms with van der Waals surface area (Å²) < 4.78 is 68.0. The van der Waals surface area contributed by atoms with Crippen molar-refractivity contribution in [2.75, 3.05) is 39.1 Å². The predicted octanol–water partition coefficient (Wildman–Crippen LogP) is 1.44. The smallest absolute Gasteiger partial charge is 0.407 e. The normalized spacial score (nSPS) is 20.2. The number of H-pyrrole nitrogens is 1. The molecular formula is C26H32N4O9S2. The first-order chi connectivity index (χ1) is 19.4. The molecule has 2 aliphatic heterocycles. The zero-order chi connectivity index (χ0) is 29.3. The number of rotatable bonds is 9. The largest absolute Gasteiger partial charge is 0.491 e. The summed E-state index contributed by atoms with van der Waals surface area (Å²) in [4.78, 5) is 19.7. The number of nitrogens with zero attached hydrogens (tertiary/aromatic N) is 2. The quantitative estimate of drug-likeness (QED) is 0.322. The van der Waals surface area contributed by atoms with Gasteiger partial charge < -0.3 is 29.6 Å². The number of carbonyl (C=O) groups is 1. The molecule has 1 amide bonds. The van der Waals surface area contributed by atoms with Gasteiger partial charge in [-0.3, -0.25) is 4.98 Å². The third kappa shape index (κ3) is 6.81. The van der Waals surface area contributed by atoms with Crippen LogP contribution in [0, 0.1) is 0 Å². The molecule has 13 nitrogen and oxygen atoms in total. The van der Waals surface area contributed by atoms with Crippen LogP contribution in [0.5, 0.6) is 5.75 Å². The van der Waals surface area contributed by atoms with Crippen molar-refractivity contribution < 1.29 is 40.9 Å². The number of nitrogens with one attached hydrogen (secondary N) is 2. The highest BCUT2D eigenvalue weighted by Gasteiger charge is 2.46. The van der Waals surface area contributed by atoms with E-state index in [0.29, 0.717) is 30.3 Å². The van der Waals surface area contributed by atoms with E-state index >= 15 is 0 Å². The Kier molecular flexibility index (Phi) is 8.25. The molecule has 2 saturated heterocycles. The summed E-state index contributed by atoms with van der Waals surface area (Å²) in [6, 6.07) is 9.26. The van der Waals surface area contributed by atoms with Gasteiger partial charge in [-0.2, -0.15) is 4.31 Å². The molecule has 41 heavy (non-hydrogen) atoms. The molecular weight excluding hydrogens is 576 g/mol. The van der Waals surface area contributed by atoms with E-state index < -0.39 is 43.8 Å². The van der Waals surface area contributed by atoms with E-state index in [1.807, 2.05) is 0 Å². The summed E-state index contributed by atoms with van der Waals surface area (Å²) in [6.07, 6.45) is 3.23. The molecule has 15 heteroatoms. The van der Waals surface area contributed by atoms with Crippen LogP contribution in [-0.4, -0.2) is 99.2 Å². The number of aliphatic hydroxyl groups is 1. The lowest BCUT2D eigenvalue weighted by molar-refractivity contribution is -0.0325. The Morgan fingerprint density at radius 2 is 2.00 bits per heavy atom. The molecule has 3 aromatic rings. The molecule has 1 unspecified atom stereocenters. The molecule has 5 rings (SSSR count). The summed E-state index contributed by atoms with van der Waals surface area (Å²) in [7, 11) is -7.11. The van der Waals surface area contributed by atoms with Crippen molar-refractivity contribution in [1.29, 1.82) is 0 Å². The van der Waals surface area contributed by atoms with Crippen LogP contribution in [0.25, 0.3) is 11.0 Å². The maximum Gasteiger partial charge on any atom is 0.407 e. The number of fused-ring (bicyclic) bond motifs is 1. The van der Waals surface area contributed by atoms with Gasteiger partial charge in [0.15, 0.2) is 9.84 Å². The van der Waals surface area contributed by atoms with Crippen LogP contribution in [0.4, 0.5) is 4.79 Å². The van der Waals surface area contributed by atoms with Gasteiger partial charge in [0, 0.05) is 38.2 Å². The second kappa shape index (κ2) is 11.6. The summed E-state index contributed by atoms with van der Waals surface area (Å²) in [5.41, 5.74) is 0.763. The molecule has 0 radical (unpaired) electrons. The van der Waals surface area contributed by atoms with Gasteiger partial charge >= 0.3 is 6.09 Å². The van der Waals surface area contributed by atoms with Gasteiger partial charge in [0.05, 0.1) is 34.7 Å².